The van der Waals surface area contributed by atoms with Crippen LogP contribution in [-0.4, -0.2) is 46.2 Å². The van der Waals surface area contributed by atoms with Gasteiger partial charge in [0.05, 0.1) is 21.7 Å². The number of nitrogens with one attached hydrogen (secondary N) is 1. The highest BCUT2D eigenvalue weighted by atomic mass is 32.2. The van der Waals surface area contributed by atoms with Crippen molar-refractivity contribution < 1.29 is 21.2 Å². The number of hydrogen-bond donors (Lipinski definition) is 1. The molecule has 1 heterocycles. The molecule has 0 amide bonds. The zero-order chi connectivity index (χ0) is 19.7. The SMILES string of the molecule is Cc1ccc(S(=O)(=O)C2CS(=O)(=O)CC2NCCc2ccccc2F)cc1. The predicted molar refractivity (Wildman–Crippen MR) is 103 cm³/mol. The van der Waals surface area contributed by atoms with E-state index in [-0.39, 0.29) is 16.5 Å². The quantitative estimate of drug-likeness (QED) is 0.785. The van der Waals surface area contributed by atoms with E-state index in [1.54, 1.807) is 30.3 Å². The molecule has 3 rings (SSSR count). The molecular formula is C19H22FNO4S2. The topological polar surface area (TPSA) is 80.3 Å². The van der Waals surface area contributed by atoms with Crippen LogP contribution in [0.3, 0.4) is 0 Å². The Kier molecular flexibility index (Phi) is 5.69. The van der Waals surface area contributed by atoms with Crippen LogP contribution in [0.25, 0.3) is 0 Å². The maximum absolute atomic E-state index is 13.7. The summed E-state index contributed by atoms with van der Waals surface area (Å²) in [5.74, 6) is -0.970. The summed E-state index contributed by atoms with van der Waals surface area (Å²) >= 11 is 0. The van der Waals surface area contributed by atoms with E-state index in [2.05, 4.69) is 5.32 Å². The highest BCUT2D eigenvalue weighted by molar-refractivity contribution is 7.96. The largest absolute Gasteiger partial charge is 0.311 e. The predicted octanol–water partition coefficient (Wildman–Crippen LogP) is 1.91. The van der Waals surface area contributed by atoms with Crippen molar-refractivity contribution in [2.45, 2.75) is 29.5 Å². The Balaban J connectivity index is 1.77. The molecule has 1 aliphatic rings. The summed E-state index contributed by atoms with van der Waals surface area (Å²) in [4.78, 5) is 0.121. The van der Waals surface area contributed by atoms with E-state index in [4.69, 9.17) is 0 Å². The summed E-state index contributed by atoms with van der Waals surface area (Å²) in [5, 5.41) is 1.98. The average Bonchev–Trinajstić information content (AvgIpc) is 2.92. The number of hydrogen-bond acceptors (Lipinski definition) is 5. The molecule has 146 valence electrons. The van der Waals surface area contributed by atoms with Gasteiger partial charge in [-0.3, -0.25) is 0 Å². The molecule has 0 saturated carbocycles. The van der Waals surface area contributed by atoms with Crippen LogP contribution >= 0.6 is 0 Å². The molecule has 0 bridgehead atoms. The van der Waals surface area contributed by atoms with Crippen LogP contribution in [0.5, 0.6) is 0 Å². The molecule has 1 saturated heterocycles. The molecule has 0 radical (unpaired) electrons. The third kappa shape index (κ3) is 4.56. The minimum atomic E-state index is -3.79. The van der Waals surface area contributed by atoms with Crippen molar-refractivity contribution in [3.05, 3.63) is 65.5 Å². The standard InChI is InChI=1S/C19H22FNO4S2/c1-14-6-8-16(9-7-14)27(24,25)19-13-26(22,23)12-18(19)21-11-10-15-4-2-3-5-17(15)20/h2-9,18-19,21H,10-13H2,1H3. The lowest BCUT2D eigenvalue weighted by atomic mass is 10.1. The van der Waals surface area contributed by atoms with Crippen molar-refractivity contribution in [2.75, 3.05) is 18.1 Å². The summed E-state index contributed by atoms with van der Waals surface area (Å²) in [6, 6.07) is 12.0. The maximum Gasteiger partial charge on any atom is 0.183 e. The third-order valence-corrected chi connectivity index (χ3v) is 8.97. The van der Waals surface area contributed by atoms with Crippen LogP contribution in [0.1, 0.15) is 11.1 Å². The van der Waals surface area contributed by atoms with E-state index >= 15 is 0 Å². The van der Waals surface area contributed by atoms with Crippen LogP contribution in [0.15, 0.2) is 53.4 Å². The fraction of sp³-hybridized carbons (Fsp3) is 0.368. The second kappa shape index (κ2) is 7.69. The van der Waals surface area contributed by atoms with Crippen LogP contribution < -0.4 is 5.32 Å². The first-order chi connectivity index (χ1) is 12.7. The van der Waals surface area contributed by atoms with Crippen molar-refractivity contribution >= 4 is 19.7 Å². The van der Waals surface area contributed by atoms with Gasteiger partial charge in [0.15, 0.2) is 19.7 Å². The minimum absolute atomic E-state index is 0.121. The summed E-state index contributed by atoms with van der Waals surface area (Å²) in [6.07, 6.45) is 0.348. The maximum atomic E-state index is 13.7. The number of aryl methyl sites for hydroxylation is 1. The van der Waals surface area contributed by atoms with Crippen molar-refractivity contribution in [2.24, 2.45) is 0 Å². The molecule has 0 aromatic heterocycles. The molecule has 2 unspecified atom stereocenters. The summed E-state index contributed by atoms with van der Waals surface area (Å²) < 4.78 is 63.9. The second-order valence-electron chi connectivity index (χ2n) is 6.88. The molecule has 2 aromatic rings. The van der Waals surface area contributed by atoms with Crippen molar-refractivity contribution in [1.29, 1.82) is 0 Å². The summed E-state index contributed by atoms with van der Waals surface area (Å²) in [5.41, 5.74) is 1.43. The third-order valence-electron chi connectivity index (χ3n) is 4.81. The zero-order valence-corrected chi connectivity index (χ0v) is 16.6. The van der Waals surface area contributed by atoms with Crippen LogP contribution in [0, 0.1) is 12.7 Å². The number of sulfone groups is 2. The zero-order valence-electron chi connectivity index (χ0n) is 14.9. The lowest BCUT2D eigenvalue weighted by Gasteiger charge is -2.20. The van der Waals surface area contributed by atoms with E-state index in [0.29, 0.717) is 18.5 Å². The summed E-state index contributed by atoms with van der Waals surface area (Å²) in [6.45, 7) is 2.14. The Morgan fingerprint density at radius 1 is 1.07 bits per heavy atom. The van der Waals surface area contributed by atoms with Gasteiger partial charge in [-0.05, 0) is 43.7 Å². The van der Waals surface area contributed by atoms with Gasteiger partial charge < -0.3 is 5.32 Å². The Bertz CT molecular complexity index is 1020. The van der Waals surface area contributed by atoms with Gasteiger partial charge in [0.2, 0.25) is 0 Å². The molecule has 5 nitrogen and oxygen atoms in total. The highest BCUT2D eigenvalue weighted by Gasteiger charge is 2.45. The number of benzene rings is 2. The van der Waals surface area contributed by atoms with Crippen LogP contribution in [-0.2, 0) is 26.1 Å². The van der Waals surface area contributed by atoms with Gasteiger partial charge in [0.1, 0.15) is 5.82 Å². The molecule has 8 heteroatoms. The highest BCUT2D eigenvalue weighted by Crippen LogP contribution is 2.26. The normalized spacial score (nSPS) is 22.0. The van der Waals surface area contributed by atoms with Gasteiger partial charge in [-0.2, -0.15) is 0 Å². The van der Waals surface area contributed by atoms with Crippen molar-refractivity contribution in [3.8, 4) is 0 Å². The second-order valence-corrected chi connectivity index (χ2v) is 11.2. The fourth-order valence-corrected chi connectivity index (χ4v) is 8.02. The van der Waals surface area contributed by atoms with Crippen LogP contribution in [0.2, 0.25) is 0 Å². The molecule has 2 atom stereocenters. The van der Waals surface area contributed by atoms with E-state index in [0.717, 1.165) is 5.56 Å². The average molecular weight is 412 g/mol. The van der Waals surface area contributed by atoms with E-state index in [9.17, 15) is 21.2 Å². The summed E-state index contributed by atoms with van der Waals surface area (Å²) in [7, 11) is -7.26. The van der Waals surface area contributed by atoms with Gasteiger partial charge >= 0.3 is 0 Å². The molecule has 1 aliphatic heterocycles. The number of rotatable bonds is 6. The van der Waals surface area contributed by atoms with Gasteiger partial charge in [0.25, 0.3) is 0 Å². The lowest BCUT2D eigenvalue weighted by Crippen LogP contribution is -2.44. The van der Waals surface area contributed by atoms with Crippen molar-refractivity contribution in [3.63, 3.8) is 0 Å². The van der Waals surface area contributed by atoms with Crippen molar-refractivity contribution in [1.82, 2.24) is 5.32 Å². The van der Waals surface area contributed by atoms with Gasteiger partial charge in [-0.25, -0.2) is 21.2 Å². The minimum Gasteiger partial charge on any atom is -0.311 e. The Hall–Kier alpha value is -1.77. The van der Waals surface area contributed by atoms with Crippen LogP contribution in [0.4, 0.5) is 4.39 Å². The first kappa shape index (κ1) is 20.0. The van der Waals surface area contributed by atoms with E-state index in [1.807, 2.05) is 6.92 Å². The van der Waals surface area contributed by atoms with Gasteiger partial charge in [-0.15, -0.1) is 0 Å². The molecule has 0 spiro atoms. The Labute approximate surface area is 159 Å². The molecular weight excluding hydrogens is 389 g/mol. The van der Waals surface area contributed by atoms with Gasteiger partial charge in [-0.1, -0.05) is 35.9 Å². The van der Waals surface area contributed by atoms with Gasteiger partial charge in [0, 0.05) is 6.04 Å². The molecule has 1 N–H and O–H groups in total. The molecule has 27 heavy (non-hydrogen) atoms. The smallest absolute Gasteiger partial charge is 0.183 e. The molecule has 2 aromatic carbocycles. The monoisotopic (exact) mass is 411 g/mol. The molecule has 0 aliphatic carbocycles. The van der Waals surface area contributed by atoms with E-state index < -0.39 is 36.7 Å². The Morgan fingerprint density at radius 3 is 2.41 bits per heavy atom. The molecule has 1 fully saturated rings. The first-order valence-electron chi connectivity index (χ1n) is 8.67. The number of halogens is 1. The lowest BCUT2D eigenvalue weighted by molar-refractivity contribution is 0.523. The van der Waals surface area contributed by atoms with E-state index in [1.165, 1.54) is 18.2 Å². The fourth-order valence-electron chi connectivity index (χ4n) is 3.31. The Morgan fingerprint density at radius 2 is 1.74 bits per heavy atom. The first-order valence-corrected chi connectivity index (χ1v) is 12.0.